The van der Waals surface area contributed by atoms with Crippen molar-refractivity contribution in [3.05, 3.63) is 35.0 Å². The third-order valence-corrected chi connectivity index (χ3v) is 6.62. The van der Waals surface area contributed by atoms with Gasteiger partial charge in [-0.3, -0.25) is 4.79 Å². The van der Waals surface area contributed by atoms with Crippen LogP contribution < -0.4 is 11.1 Å². The standard InChI is InChI=1S/C21H29N3O/c1-12-13(2)24-19-7-6-14(8-18(12)19)11-23-21(25)17-9-15-4-3-5-16(10-17)20(15)22/h6-8,15-17,20,24H,3-5,9-11,22H2,1-2H3,(H,23,25). The maximum absolute atomic E-state index is 12.7. The molecule has 134 valence electrons. The Morgan fingerprint density at radius 2 is 1.96 bits per heavy atom. The molecule has 25 heavy (non-hydrogen) atoms. The molecule has 2 unspecified atom stereocenters. The van der Waals surface area contributed by atoms with Gasteiger partial charge in [-0.15, -0.1) is 0 Å². The maximum atomic E-state index is 12.7. The third-order valence-electron chi connectivity index (χ3n) is 6.62. The lowest BCUT2D eigenvalue weighted by Gasteiger charge is -2.43. The predicted molar refractivity (Wildman–Crippen MR) is 101 cm³/mol. The number of hydrogen-bond donors (Lipinski definition) is 3. The minimum atomic E-state index is 0.148. The molecular weight excluding hydrogens is 310 g/mol. The Morgan fingerprint density at radius 1 is 1.24 bits per heavy atom. The number of aryl methyl sites for hydroxylation is 2. The Hall–Kier alpha value is -1.81. The molecule has 1 heterocycles. The normalized spacial score (nSPS) is 28.9. The quantitative estimate of drug-likeness (QED) is 0.800. The van der Waals surface area contributed by atoms with Crippen LogP contribution >= 0.6 is 0 Å². The average molecular weight is 339 g/mol. The monoisotopic (exact) mass is 339 g/mol. The van der Waals surface area contributed by atoms with Gasteiger partial charge in [0.15, 0.2) is 0 Å². The molecule has 1 aromatic carbocycles. The smallest absolute Gasteiger partial charge is 0.223 e. The summed E-state index contributed by atoms with van der Waals surface area (Å²) in [6.45, 7) is 4.85. The molecule has 2 atom stereocenters. The van der Waals surface area contributed by atoms with Crippen LogP contribution in [0.25, 0.3) is 10.9 Å². The molecule has 0 saturated heterocycles. The predicted octanol–water partition coefficient (Wildman–Crippen LogP) is 3.55. The summed E-state index contributed by atoms with van der Waals surface area (Å²) in [5.41, 5.74) is 11.2. The fourth-order valence-corrected chi connectivity index (χ4v) is 4.96. The van der Waals surface area contributed by atoms with E-state index in [1.54, 1.807) is 0 Å². The number of carbonyl (C=O) groups is 1. The first-order valence-corrected chi connectivity index (χ1v) is 9.64. The lowest BCUT2D eigenvalue weighted by Crippen LogP contribution is -2.49. The molecule has 2 saturated carbocycles. The highest BCUT2D eigenvalue weighted by molar-refractivity contribution is 5.85. The zero-order valence-corrected chi connectivity index (χ0v) is 15.3. The second kappa shape index (κ2) is 6.49. The van der Waals surface area contributed by atoms with Crippen molar-refractivity contribution in [1.82, 2.24) is 10.3 Å². The third kappa shape index (κ3) is 3.08. The van der Waals surface area contributed by atoms with Crippen LogP contribution in [0.3, 0.4) is 0 Å². The van der Waals surface area contributed by atoms with Crippen molar-refractivity contribution in [1.29, 1.82) is 0 Å². The molecule has 4 heteroatoms. The molecule has 0 aliphatic heterocycles. The fourth-order valence-electron chi connectivity index (χ4n) is 4.96. The largest absolute Gasteiger partial charge is 0.358 e. The number of nitrogens with one attached hydrogen (secondary N) is 2. The number of amides is 1. The molecule has 2 aromatic rings. The highest BCUT2D eigenvalue weighted by atomic mass is 16.1. The Bertz CT molecular complexity index is 780. The van der Waals surface area contributed by atoms with E-state index in [9.17, 15) is 4.79 Å². The van der Waals surface area contributed by atoms with E-state index in [0.717, 1.165) is 18.4 Å². The Kier molecular flexibility index (Phi) is 4.32. The van der Waals surface area contributed by atoms with E-state index in [4.69, 9.17) is 5.73 Å². The van der Waals surface area contributed by atoms with Gasteiger partial charge in [0.1, 0.15) is 0 Å². The topological polar surface area (TPSA) is 70.9 Å². The lowest BCUT2D eigenvalue weighted by atomic mass is 9.65. The summed E-state index contributed by atoms with van der Waals surface area (Å²) in [7, 11) is 0. The Balaban J connectivity index is 1.41. The SMILES string of the molecule is Cc1[nH]c2ccc(CNC(=O)C3CC4CCCC(C3)C4N)cc2c1C. The van der Waals surface area contributed by atoms with Crippen molar-refractivity contribution in [3.8, 4) is 0 Å². The molecule has 2 fully saturated rings. The molecular formula is C21H29N3O. The highest BCUT2D eigenvalue weighted by Crippen LogP contribution is 2.41. The van der Waals surface area contributed by atoms with Crippen LogP contribution in [0.15, 0.2) is 18.2 Å². The van der Waals surface area contributed by atoms with Gasteiger partial charge in [0.2, 0.25) is 5.91 Å². The van der Waals surface area contributed by atoms with Crippen LogP contribution in [0.2, 0.25) is 0 Å². The van der Waals surface area contributed by atoms with E-state index in [0.29, 0.717) is 24.4 Å². The van der Waals surface area contributed by atoms with Crippen molar-refractivity contribution in [2.75, 3.05) is 0 Å². The van der Waals surface area contributed by atoms with Gasteiger partial charge < -0.3 is 16.0 Å². The number of aromatic amines is 1. The van der Waals surface area contributed by atoms with Gasteiger partial charge in [-0.1, -0.05) is 12.5 Å². The van der Waals surface area contributed by atoms with E-state index in [1.165, 1.54) is 41.4 Å². The van der Waals surface area contributed by atoms with Crippen LogP contribution in [-0.4, -0.2) is 16.9 Å². The minimum Gasteiger partial charge on any atom is -0.358 e. The molecule has 0 radical (unpaired) electrons. The molecule has 1 amide bonds. The average Bonchev–Trinajstić information content (AvgIpc) is 2.87. The maximum Gasteiger partial charge on any atom is 0.223 e. The summed E-state index contributed by atoms with van der Waals surface area (Å²) in [6.07, 6.45) is 5.62. The number of hydrogen-bond acceptors (Lipinski definition) is 2. The zero-order valence-electron chi connectivity index (χ0n) is 15.3. The Morgan fingerprint density at radius 3 is 2.68 bits per heavy atom. The summed E-state index contributed by atoms with van der Waals surface area (Å²) < 4.78 is 0. The number of rotatable bonds is 3. The number of carbonyl (C=O) groups excluding carboxylic acids is 1. The number of benzene rings is 1. The molecule has 0 spiro atoms. The zero-order chi connectivity index (χ0) is 17.6. The number of nitrogens with two attached hydrogens (primary N) is 1. The van der Waals surface area contributed by atoms with Crippen LogP contribution in [0.1, 0.15) is 48.9 Å². The highest BCUT2D eigenvalue weighted by Gasteiger charge is 2.40. The number of fused-ring (bicyclic) bond motifs is 3. The van der Waals surface area contributed by atoms with E-state index in [2.05, 4.69) is 42.3 Å². The van der Waals surface area contributed by atoms with Crippen molar-refractivity contribution in [2.45, 2.75) is 58.5 Å². The molecule has 1 aromatic heterocycles. The van der Waals surface area contributed by atoms with Crippen molar-refractivity contribution < 1.29 is 4.79 Å². The van der Waals surface area contributed by atoms with E-state index in [1.807, 2.05) is 0 Å². The summed E-state index contributed by atoms with van der Waals surface area (Å²) in [4.78, 5) is 16.1. The lowest BCUT2D eigenvalue weighted by molar-refractivity contribution is -0.128. The van der Waals surface area contributed by atoms with Crippen LogP contribution in [0.4, 0.5) is 0 Å². The molecule has 2 bridgehead atoms. The van der Waals surface area contributed by atoms with Gasteiger partial charge in [0.25, 0.3) is 0 Å². The molecule has 2 aliphatic rings. The van der Waals surface area contributed by atoms with Gasteiger partial charge in [-0.2, -0.15) is 0 Å². The summed E-state index contributed by atoms with van der Waals surface area (Å²) in [5.74, 6) is 1.45. The van der Waals surface area contributed by atoms with E-state index >= 15 is 0 Å². The van der Waals surface area contributed by atoms with Crippen LogP contribution in [0.5, 0.6) is 0 Å². The fraction of sp³-hybridized carbons (Fsp3) is 0.571. The van der Waals surface area contributed by atoms with Crippen molar-refractivity contribution in [3.63, 3.8) is 0 Å². The minimum absolute atomic E-state index is 0.148. The molecule has 2 aliphatic carbocycles. The summed E-state index contributed by atoms with van der Waals surface area (Å²) in [6, 6.07) is 6.73. The first-order valence-electron chi connectivity index (χ1n) is 9.64. The van der Waals surface area contributed by atoms with Gasteiger partial charge in [-0.25, -0.2) is 0 Å². The van der Waals surface area contributed by atoms with Gasteiger partial charge in [0.05, 0.1) is 0 Å². The summed E-state index contributed by atoms with van der Waals surface area (Å²) in [5, 5.41) is 4.43. The van der Waals surface area contributed by atoms with Gasteiger partial charge in [-0.05, 0) is 74.6 Å². The first-order chi connectivity index (χ1) is 12.0. The van der Waals surface area contributed by atoms with Crippen LogP contribution in [-0.2, 0) is 11.3 Å². The summed E-state index contributed by atoms with van der Waals surface area (Å²) >= 11 is 0. The van der Waals surface area contributed by atoms with E-state index in [-0.39, 0.29) is 11.8 Å². The van der Waals surface area contributed by atoms with Gasteiger partial charge in [0, 0.05) is 35.1 Å². The van der Waals surface area contributed by atoms with Crippen LogP contribution in [0, 0.1) is 31.6 Å². The van der Waals surface area contributed by atoms with Crippen molar-refractivity contribution >= 4 is 16.8 Å². The molecule has 4 nitrogen and oxygen atoms in total. The van der Waals surface area contributed by atoms with Gasteiger partial charge >= 0.3 is 0 Å². The van der Waals surface area contributed by atoms with Crippen molar-refractivity contribution in [2.24, 2.45) is 23.5 Å². The molecule has 4 N–H and O–H groups in total. The number of H-pyrrole nitrogens is 1. The first kappa shape index (κ1) is 16.6. The van der Waals surface area contributed by atoms with E-state index < -0.39 is 0 Å². The number of aromatic nitrogens is 1. The second-order valence-corrected chi connectivity index (χ2v) is 8.17. The molecule has 4 rings (SSSR count). The second-order valence-electron chi connectivity index (χ2n) is 8.17. The Labute approximate surface area is 149 Å².